The standard InChI is InChI=1S/C29H37N3O3/c1-2-3-17-35-28(33)19-23-9-10-24-13-14-27(20-26(24)18-23)31-29(34)25-11-7-22(8-12-25)21-30-32-15-5-4-6-16-32/h7-8,11-14,20-21,23H,2-6,9-10,15-19H2,1H3,(H,31,34)/b30-21+. The van der Waals surface area contributed by atoms with E-state index >= 15 is 0 Å². The highest BCUT2D eigenvalue weighted by atomic mass is 16.5. The first-order valence-corrected chi connectivity index (χ1v) is 13.1. The van der Waals surface area contributed by atoms with Crippen LogP contribution in [0.1, 0.15) is 78.9 Å². The molecule has 0 spiro atoms. The molecule has 0 bridgehead atoms. The zero-order chi connectivity index (χ0) is 24.5. The number of hydrogen-bond acceptors (Lipinski definition) is 5. The summed E-state index contributed by atoms with van der Waals surface area (Å²) in [5, 5.41) is 9.70. The molecule has 1 amide bonds. The van der Waals surface area contributed by atoms with Gasteiger partial charge in [0.25, 0.3) is 5.91 Å². The number of fused-ring (bicyclic) bond motifs is 1. The maximum atomic E-state index is 12.8. The number of nitrogens with zero attached hydrogens (tertiary/aromatic N) is 2. The third-order valence-corrected chi connectivity index (χ3v) is 6.89. The van der Waals surface area contributed by atoms with E-state index in [1.807, 2.05) is 36.5 Å². The van der Waals surface area contributed by atoms with Crippen molar-refractivity contribution in [3.05, 3.63) is 64.7 Å². The lowest BCUT2D eigenvalue weighted by atomic mass is 9.82. The van der Waals surface area contributed by atoms with Crippen LogP contribution in [0.2, 0.25) is 0 Å². The van der Waals surface area contributed by atoms with Crippen molar-refractivity contribution in [2.75, 3.05) is 25.0 Å². The number of hydrogen-bond donors (Lipinski definition) is 1. The molecule has 2 aliphatic rings. The zero-order valence-corrected chi connectivity index (χ0v) is 20.8. The van der Waals surface area contributed by atoms with Gasteiger partial charge in [0.05, 0.1) is 12.8 Å². The molecule has 1 aliphatic carbocycles. The second-order valence-electron chi connectivity index (χ2n) is 9.71. The number of esters is 1. The SMILES string of the molecule is CCCCOC(=O)CC1CCc2ccc(NC(=O)c3ccc(/C=N/N4CCCCC4)cc3)cc2C1. The monoisotopic (exact) mass is 475 g/mol. The van der Waals surface area contributed by atoms with Crippen LogP contribution in [0.15, 0.2) is 47.6 Å². The molecule has 186 valence electrons. The highest BCUT2D eigenvalue weighted by Crippen LogP contribution is 2.30. The third-order valence-electron chi connectivity index (χ3n) is 6.89. The zero-order valence-electron chi connectivity index (χ0n) is 20.8. The highest BCUT2D eigenvalue weighted by molar-refractivity contribution is 6.04. The van der Waals surface area contributed by atoms with E-state index in [0.29, 0.717) is 24.5 Å². The molecule has 1 unspecified atom stereocenters. The number of ether oxygens (including phenoxy) is 1. The van der Waals surface area contributed by atoms with Gasteiger partial charge in [0.2, 0.25) is 0 Å². The van der Waals surface area contributed by atoms with Crippen LogP contribution in [0.3, 0.4) is 0 Å². The summed E-state index contributed by atoms with van der Waals surface area (Å²) in [6.07, 6.45) is 10.7. The molecule has 1 fully saturated rings. The van der Waals surface area contributed by atoms with Crippen LogP contribution in [-0.4, -0.2) is 42.8 Å². The summed E-state index contributed by atoms with van der Waals surface area (Å²) in [5.74, 6) is 0.0684. The fourth-order valence-corrected chi connectivity index (χ4v) is 4.77. The van der Waals surface area contributed by atoms with Gasteiger partial charge in [0, 0.05) is 30.8 Å². The molecule has 1 N–H and O–H groups in total. The lowest BCUT2D eigenvalue weighted by Crippen LogP contribution is -2.24. The second kappa shape index (κ2) is 12.5. The van der Waals surface area contributed by atoms with Gasteiger partial charge in [0.1, 0.15) is 0 Å². The van der Waals surface area contributed by atoms with Crippen molar-refractivity contribution in [2.45, 2.75) is 64.7 Å². The van der Waals surface area contributed by atoms with Gasteiger partial charge in [-0.25, -0.2) is 0 Å². The normalized spacial score (nSPS) is 17.7. The minimum absolute atomic E-state index is 0.0965. The van der Waals surface area contributed by atoms with Gasteiger partial charge in [-0.3, -0.25) is 14.6 Å². The lowest BCUT2D eigenvalue weighted by Gasteiger charge is -2.24. The molecule has 1 aliphatic heterocycles. The molecule has 2 aromatic carbocycles. The first-order valence-electron chi connectivity index (χ1n) is 13.1. The van der Waals surface area contributed by atoms with Crippen LogP contribution in [0, 0.1) is 5.92 Å². The quantitative estimate of drug-likeness (QED) is 0.291. The molecule has 6 nitrogen and oxygen atoms in total. The molecule has 0 aromatic heterocycles. The minimum atomic E-state index is -0.128. The molecule has 0 saturated carbocycles. The first kappa shape index (κ1) is 25.0. The Labute approximate surface area is 208 Å². The predicted octanol–water partition coefficient (Wildman–Crippen LogP) is 5.60. The largest absolute Gasteiger partial charge is 0.466 e. The minimum Gasteiger partial charge on any atom is -0.466 e. The van der Waals surface area contributed by atoms with Crippen LogP contribution in [0.5, 0.6) is 0 Å². The number of anilines is 1. The molecular weight excluding hydrogens is 438 g/mol. The van der Waals surface area contributed by atoms with Crippen molar-refractivity contribution in [3.63, 3.8) is 0 Å². The molecule has 4 rings (SSSR count). The maximum Gasteiger partial charge on any atom is 0.306 e. The summed E-state index contributed by atoms with van der Waals surface area (Å²) in [4.78, 5) is 24.9. The Morgan fingerprint density at radius 1 is 1.09 bits per heavy atom. The number of carbonyl (C=O) groups is 2. The van der Waals surface area contributed by atoms with E-state index in [9.17, 15) is 9.59 Å². The van der Waals surface area contributed by atoms with Gasteiger partial charge in [-0.05, 0) is 91.8 Å². The number of amides is 1. The molecule has 1 heterocycles. The Balaban J connectivity index is 1.31. The van der Waals surface area contributed by atoms with Crippen molar-refractivity contribution in [3.8, 4) is 0 Å². The van der Waals surface area contributed by atoms with Crippen LogP contribution in [0.25, 0.3) is 0 Å². The Morgan fingerprint density at radius 2 is 1.89 bits per heavy atom. The smallest absolute Gasteiger partial charge is 0.306 e. The van der Waals surface area contributed by atoms with Gasteiger partial charge in [-0.2, -0.15) is 5.10 Å². The summed E-state index contributed by atoms with van der Waals surface area (Å²) in [6.45, 7) is 4.63. The molecular formula is C29H37N3O3. The van der Waals surface area contributed by atoms with Crippen LogP contribution in [-0.2, 0) is 22.4 Å². The second-order valence-corrected chi connectivity index (χ2v) is 9.71. The summed E-state index contributed by atoms with van der Waals surface area (Å²) >= 11 is 0. The van der Waals surface area contributed by atoms with E-state index in [0.717, 1.165) is 56.4 Å². The number of rotatable bonds is 9. The van der Waals surface area contributed by atoms with Crippen LogP contribution >= 0.6 is 0 Å². The molecule has 2 aromatic rings. The average Bonchev–Trinajstić information content (AvgIpc) is 2.88. The van der Waals surface area contributed by atoms with Crippen molar-refractivity contribution < 1.29 is 14.3 Å². The van der Waals surface area contributed by atoms with Gasteiger partial charge in [-0.1, -0.05) is 31.5 Å². The number of unbranched alkanes of at least 4 members (excludes halogenated alkanes) is 1. The van der Waals surface area contributed by atoms with Crippen molar-refractivity contribution in [1.82, 2.24) is 5.01 Å². The Hall–Kier alpha value is -3.15. The lowest BCUT2D eigenvalue weighted by molar-refractivity contribution is -0.145. The van der Waals surface area contributed by atoms with Crippen molar-refractivity contribution in [1.29, 1.82) is 0 Å². The topological polar surface area (TPSA) is 71.0 Å². The number of hydrazone groups is 1. The number of nitrogens with one attached hydrogen (secondary N) is 1. The van der Waals surface area contributed by atoms with E-state index < -0.39 is 0 Å². The van der Waals surface area contributed by atoms with Gasteiger partial charge < -0.3 is 10.1 Å². The number of aryl methyl sites for hydroxylation is 1. The first-order chi connectivity index (χ1) is 17.1. The van der Waals surface area contributed by atoms with Crippen LogP contribution < -0.4 is 5.32 Å². The highest BCUT2D eigenvalue weighted by Gasteiger charge is 2.22. The van der Waals surface area contributed by atoms with Gasteiger partial charge in [0.15, 0.2) is 0 Å². The molecule has 1 saturated heterocycles. The molecule has 0 radical (unpaired) electrons. The molecule has 1 atom stereocenters. The summed E-state index contributed by atoms with van der Waals surface area (Å²) in [7, 11) is 0. The predicted molar refractivity (Wildman–Crippen MR) is 140 cm³/mol. The van der Waals surface area contributed by atoms with E-state index in [-0.39, 0.29) is 11.9 Å². The number of benzene rings is 2. The molecule has 6 heteroatoms. The number of piperidine rings is 1. The average molecular weight is 476 g/mol. The number of carbonyl (C=O) groups excluding carboxylic acids is 2. The van der Waals surface area contributed by atoms with Crippen molar-refractivity contribution in [2.24, 2.45) is 11.0 Å². The van der Waals surface area contributed by atoms with Gasteiger partial charge >= 0.3 is 5.97 Å². The van der Waals surface area contributed by atoms with Crippen molar-refractivity contribution >= 4 is 23.8 Å². The Bertz CT molecular complexity index is 1030. The third kappa shape index (κ3) is 7.41. The van der Waals surface area contributed by atoms with E-state index in [1.165, 1.54) is 30.4 Å². The maximum absolute atomic E-state index is 12.8. The summed E-state index contributed by atoms with van der Waals surface area (Å²) in [5.41, 5.74) is 4.90. The fraction of sp³-hybridized carbons (Fsp3) is 0.483. The van der Waals surface area contributed by atoms with E-state index in [1.54, 1.807) is 0 Å². The summed E-state index contributed by atoms with van der Waals surface area (Å²) in [6, 6.07) is 13.7. The summed E-state index contributed by atoms with van der Waals surface area (Å²) < 4.78 is 5.35. The van der Waals surface area contributed by atoms with E-state index in [4.69, 9.17) is 4.74 Å². The fourth-order valence-electron chi connectivity index (χ4n) is 4.77. The molecule has 35 heavy (non-hydrogen) atoms. The van der Waals surface area contributed by atoms with Crippen LogP contribution in [0.4, 0.5) is 5.69 Å². The van der Waals surface area contributed by atoms with E-state index in [2.05, 4.69) is 34.5 Å². The van der Waals surface area contributed by atoms with Gasteiger partial charge in [-0.15, -0.1) is 0 Å². The Morgan fingerprint density at radius 3 is 2.66 bits per heavy atom. The Kier molecular flexibility index (Phi) is 8.93.